The van der Waals surface area contributed by atoms with Gasteiger partial charge in [-0.05, 0) is 79.5 Å². The Labute approximate surface area is 143 Å². The molecule has 3 aliphatic rings. The lowest BCUT2D eigenvalue weighted by Crippen LogP contribution is -2.49. The summed E-state index contributed by atoms with van der Waals surface area (Å²) in [5.41, 5.74) is 3.26. The maximum atomic E-state index is 11.0. The molecule has 1 aromatic carbocycles. The minimum absolute atomic E-state index is 0.0192. The number of oxime groups is 1. The smallest absolute Gasteiger partial charge is 0.115 e. The molecule has 0 heterocycles. The summed E-state index contributed by atoms with van der Waals surface area (Å²) in [7, 11) is 0. The van der Waals surface area contributed by atoms with Crippen molar-refractivity contribution in [1.82, 2.24) is 0 Å². The van der Waals surface area contributed by atoms with Crippen LogP contribution in [0.3, 0.4) is 0 Å². The normalized spacial score (nSPS) is 41.5. The standard InChI is InChI=1S/C20H27NO3/c1-11(21-24)16-7-8-17-15-5-3-12-9-13(22)4-6-14(12)19(15)18(23)10-20(16,17)2/h4,6,9,15-19,22-24H,3,5,7-8,10H2,1-2H3/b21-11+/t15?,16?,17?,18-,19?,20+/m0/s1. The van der Waals surface area contributed by atoms with Crippen molar-refractivity contribution in [3.8, 4) is 5.75 Å². The van der Waals surface area contributed by atoms with Gasteiger partial charge < -0.3 is 15.4 Å². The van der Waals surface area contributed by atoms with Gasteiger partial charge in [0.2, 0.25) is 0 Å². The van der Waals surface area contributed by atoms with E-state index < -0.39 is 0 Å². The van der Waals surface area contributed by atoms with Gasteiger partial charge in [-0.1, -0.05) is 18.1 Å². The molecule has 0 bridgehead atoms. The Morgan fingerprint density at radius 2 is 2.04 bits per heavy atom. The Kier molecular flexibility index (Phi) is 3.64. The average molecular weight is 329 g/mol. The molecule has 2 saturated carbocycles. The van der Waals surface area contributed by atoms with Gasteiger partial charge in [0.05, 0.1) is 11.8 Å². The Morgan fingerprint density at radius 3 is 2.79 bits per heavy atom. The second-order valence-electron chi connectivity index (χ2n) is 8.37. The van der Waals surface area contributed by atoms with Crippen LogP contribution in [-0.4, -0.2) is 27.2 Å². The van der Waals surface area contributed by atoms with Crippen molar-refractivity contribution < 1.29 is 15.4 Å². The van der Waals surface area contributed by atoms with Crippen LogP contribution in [0.15, 0.2) is 23.4 Å². The summed E-state index contributed by atoms with van der Waals surface area (Å²) in [6.07, 6.45) is 4.64. The van der Waals surface area contributed by atoms with Crippen molar-refractivity contribution in [3.05, 3.63) is 29.3 Å². The minimum Gasteiger partial charge on any atom is -0.508 e. The highest BCUT2D eigenvalue weighted by Gasteiger charge is 2.58. The number of hydrogen-bond acceptors (Lipinski definition) is 4. The topological polar surface area (TPSA) is 73.1 Å². The van der Waals surface area contributed by atoms with E-state index in [1.165, 1.54) is 11.1 Å². The van der Waals surface area contributed by atoms with Gasteiger partial charge in [-0.2, -0.15) is 0 Å². The molecule has 0 amide bonds. The third-order valence-electron chi connectivity index (χ3n) is 7.35. The third kappa shape index (κ3) is 2.12. The lowest BCUT2D eigenvalue weighted by atomic mass is 9.53. The maximum absolute atomic E-state index is 11.0. The van der Waals surface area contributed by atoms with Crippen LogP contribution in [-0.2, 0) is 6.42 Å². The van der Waals surface area contributed by atoms with E-state index in [2.05, 4.69) is 12.1 Å². The first kappa shape index (κ1) is 15.9. The summed E-state index contributed by atoms with van der Waals surface area (Å²) >= 11 is 0. The van der Waals surface area contributed by atoms with E-state index in [0.29, 0.717) is 17.6 Å². The van der Waals surface area contributed by atoms with Crippen LogP contribution in [0.5, 0.6) is 5.75 Å². The van der Waals surface area contributed by atoms with Crippen LogP contribution >= 0.6 is 0 Å². The number of phenolic OH excluding ortho intramolecular Hbond substituents is 1. The molecule has 0 saturated heterocycles. The number of hydrogen-bond donors (Lipinski definition) is 3. The molecule has 0 aromatic heterocycles. The van der Waals surface area contributed by atoms with Crippen LogP contribution in [0.4, 0.5) is 0 Å². The van der Waals surface area contributed by atoms with Crippen LogP contribution in [0.1, 0.15) is 56.6 Å². The van der Waals surface area contributed by atoms with Crippen molar-refractivity contribution in [1.29, 1.82) is 0 Å². The number of rotatable bonds is 1. The Morgan fingerprint density at radius 1 is 1.25 bits per heavy atom. The monoisotopic (exact) mass is 329 g/mol. The highest BCUT2D eigenvalue weighted by Crippen LogP contribution is 2.63. The quantitative estimate of drug-likeness (QED) is 0.418. The predicted octanol–water partition coefficient (Wildman–Crippen LogP) is 3.69. The summed E-state index contributed by atoms with van der Waals surface area (Å²) < 4.78 is 0. The Hall–Kier alpha value is -1.55. The molecule has 2 fully saturated rings. The highest BCUT2D eigenvalue weighted by molar-refractivity contribution is 5.85. The van der Waals surface area contributed by atoms with Gasteiger partial charge >= 0.3 is 0 Å². The van der Waals surface area contributed by atoms with Crippen molar-refractivity contribution >= 4 is 5.71 Å². The van der Waals surface area contributed by atoms with Crippen molar-refractivity contribution in [2.45, 2.75) is 58.0 Å². The zero-order valence-corrected chi connectivity index (χ0v) is 14.4. The summed E-state index contributed by atoms with van der Waals surface area (Å²) in [6, 6.07) is 5.63. The maximum Gasteiger partial charge on any atom is 0.115 e. The third-order valence-corrected chi connectivity index (χ3v) is 7.35. The average Bonchev–Trinajstić information content (AvgIpc) is 2.90. The van der Waals surface area contributed by atoms with E-state index in [-0.39, 0.29) is 23.4 Å². The van der Waals surface area contributed by atoms with E-state index >= 15 is 0 Å². The van der Waals surface area contributed by atoms with E-state index in [4.69, 9.17) is 0 Å². The van der Waals surface area contributed by atoms with Crippen molar-refractivity contribution in [2.24, 2.45) is 28.3 Å². The van der Waals surface area contributed by atoms with Gasteiger partial charge in [0.25, 0.3) is 0 Å². The molecule has 6 atom stereocenters. The number of benzene rings is 1. The number of aliphatic hydroxyl groups is 1. The predicted molar refractivity (Wildman–Crippen MR) is 92.5 cm³/mol. The lowest BCUT2D eigenvalue weighted by Gasteiger charge is -2.53. The van der Waals surface area contributed by atoms with Gasteiger partial charge in [-0.25, -0.2) is 0 Å². The first-order chi connectivity index (χ1) is 11.5. The molecule has 3 aliphatic carbocycles. The molecule has 4 rings (SSSR count). The molecule has 3 N–H and O–H groups in total. The van der Waals surface area contributed by atoms with Crippen LogP contribution in [0.2, 0.25) is 0 Å². The highest BCUT2D eigenvalue weighted by atomic mass is 16.4. The van der Waals surface area contributed by atoms with E-state index in [9.17, 15) is 15.4 Å². The minimum atomic E-state index is -0.369. The second kappa shape index (κ2) is 5.48. The molecular weight excluding hydrogens is 302 g/mol. The number of aromatic hydroxyl groups is 1. The van der Waals surface area contributed by atoms with Crippen molar-refractivity contribution in [3.63, 3.8) is 0 Å². The van der Waals surface area contributed by atoms with E-state index in [1.54, 1.807) is 6.07 Å². The summed E-state index contributed by atoms with van der Waals surface area (Å²) in [4.78, 5) is 0. The summed E-state index contributed by atoms with van der Waals surface area (Å²) in [5, 5.41) is 33.5. The number of nitrogens with zero attached hydrogens (tertiary/aromatic N) is 1. The van der Waals surface area contributed by atoms with Gasteiger partial charge in [-0.15, -0.1) is 0 Å². The van der Waals surface area contributed by atoms with Crippen LogP contribution < -0.4 is 0 Å². The van der Waals surface area contributed by atoms with Gasteiger partial charge in [0.15, 0.2) is 0 Å². The largest absolute Gasteiger partial charge is 0.508 e. The number of fused-ring (bicyclic) bond motifs is 5. The summed E-state index contributed by atoms with van der Waals surface area (Å²) in [5.74, 6) is 1.81. The van der Waals surface area contributed by atoms with Crippen LogP contribution in [0, 0.1) is 23.2 Å². The number of aryl methyl sites for hydroxylation is 1. The zero-order chi connectivity index (χ0) is 17.1. The molecule has 1 aromatic rings. The molecule has 130 valence electrons. The molecule has 4 unspecified atom stereocenters. The molecule has 4 nitrogen and oxygen atoms in total. The fourth-order valence-electron chi connectivity index (χ4n) is 6.40. The Bertz CT molecular complexity index is 685. The SMILES string of the molecule is C/C(=N\O)C1CCC2C3CCc4cc(O)ccc4C3[C@@H](O)C[C@]12C. The Balaban J connectivity index is 1.73. The zero-order valence-electron chi connectivity index (χ0n) is 14.4. The summed E-state index contributed by atoms with van der Waals surface area (Å²) in [6.45, 7) is 4.20. The fraction of sp³-hybridized carbons (Fsp3) is 0.650. The van der Waals surface area contributed by atoms with Gasteiger partial charge in [0.1, 0.15) is 5.75 Å². The van der Waals surface area contributed by atoms with E-state index in [1.807, 2.05) is 19.1 Å². The number of aliphatic hydroxyl groups excluding tert-OH is 1. The molecule has 0 aliphatic heterocycles. The second-order valence-corrected chi connectivity index (χ2v) is 8.37. The van der Waals surface area contributed by atoms with Gasteiger partial charge in [0, 0.05) is 11.8 Å². The fourth-order valence-corrected chi connectivity index (χ4v) is 6.40. The van der Waals surface area contributed by atoms with Gasteiger partial charge in [-0.3, -0.25) is 0 Å². The van der Waals surface area contributed by atoms with E-state index in [0.717, 1.165) is 37.8 Å². The lowest BCUT2D eigenvalue weighted by molar-refractivity contribution is -0.0459. The van der Waals surface area contributed by atoms with Crippen LogP contribution in [0.25, 0.3) is 0 Å². The molecule has 0 radical (unpaired) electrons. The molecular formula is C20H27NO3. The molecule has 24 heavy (non-hydrogen) atoms. The number of phenols is 1. The first-order valence-corrected chi connectivity index (χ1v) is 9.14. The molecule has 4 heteroatoms. The first-order valence-electron chi connectivity index (χ1n) is 9.14. The molecule has 0 spiro atoms. The van der Waals surface area contributed by atoms with Crippen molar-refractivity contribution in [2.75, 3.05) is 0 Å².